The number of amides is 2. The zero-order valence-corrected chi connectivity index (χ0v) is 14.7. The SMILES string of the molecule is C/C=C\N1C/C(=C/C)C(=NC)N(c2ccc(OC)cc2OC)C1=O. The van der Waals surface area contributed by atoms with Gasteiger partial charge in [0.25, 0.3) is 0 Å². The molecular formula is C18H23N3O3. The van der Waals surface area contributed by atoms with Crippen LogP contribution in [0.1, 0.15) is 13.8 Å². The van der Waals surface area contributed by atoms with Gasteiger partial charge in [-0.2, -0.15) is 0 Å². The minimum atomic E-state index is -0.178. The Labute approximate surface area is 142 Å². The number of amidine groups is 1. The quantitative estimate of drug-likeness (QED) is 0.850. The molecule has 2 amide bonds. The Morgan fingerprint density at radius 1 is 1.21 bits per heavy atom. The van der Waals surface area contributed by atoms with E-state index >= 15 is 0 Å². The Morgan fingerprint density at radius 3 is 2.50 bits per heavy atom. The number of carbonyl (C=O) groups excluding carboxylic acids is 1. The van der Waals surface area contributed by atoms with E-state index in [1.807, 2.05) is 26.0 Å². The lowest BCUT2D eigenvalue weighted by Gasteiger charge is -2.36. The highest BCUT2D eigenvalue weighted by molar-refractivity contribution is 6.25. The Morgan fingerprint density at radius 2 is 1.96 bits per heavy atom. The van der Waals surface area contributed by atoms with E-state index in [0.717, 1.165) is 5.57 Å². The van der Waals surface area contributed by atoms with Crippen molar-refractivity contribution in [3.05, 3.63) is 42.1 Å². The summed E-state index contributed by atoms with van der Waals surface area (Å²) in [5.74, 6) is 1.82. The highest BCUT2D eigenvalue weighted by Gasteiger charge is 2.35. The normalized spacial score (nSPS) is 18.8. The number of carbonyl (C=O) groups is 1. The number of hydrogen-bond donors (Lipinski definition) is 0. The van der Waals surface area contributed by atoms with Gasteiger partial charge in [0.1, 0.15) is 17.3 Å². The van der Waals surface area contributed by atoms with Gasteiger partial charge in [-0.25, -0.2) is 9.69 Å². The molecule has 0 bridgehead atoms. The second-order valence-electron chi connectivity index (χ2n) is 5.13. The molecule has 0 aromatic heterocycles. The molecule has 0 saturated carbocycles. The number of hydrogen-bond acceptors (Lipinski definition) is 4. The third-order valence-corrected chi connectivity index (χ3v) is 3.79. The van der Waals surface area contributed by atoms with E-state index in [-0.39, 0.29) is 6.03 Å². The standard InChI is InChI=1S/C18H23N3O3/c1-6-10-20-12-13(7-2)17(19-3)21(18(20)22)15-9-8-14(23-4)11-16(15)24-5/h6-11H,12H2,1-5H3/b10-6-,13-7-,19-17?. The molecule has 24 heavy (non-hydrogen) atoms. The van der Waals surface area contributed by atoms with Crippen LogP contribution in [0, 0.1) is 0 Å². The van der Waals surface area contributed by atoms with Crippen molar-refractivity contribution >= 4 is 17.6 Å². The van der Waals surface area contributed by atoms with Crippen LogP contribution in [0.15, 0.2) is 47.1 Å². The molecule has 1 aromatic rings. The molecule has 0 aliphatic carbocycles. The van der Waals surface area contributed by atoms with Crippen LogP contribution >= 0.6 is 0 Å². The summed E-state index contributed by atoms with van der Waals surface area (Å²) in [5.41, 5.74) is 1.59. The molecule has 128 valence electrons. The van der Waals surface area contributed by atoms with Crippen molar-refractivity contribution < 1.29 is 14.3 Å². The summed E-state index contributed by atoms with van der Waals surface area (Å²) in [6.45, 7) is 4.30. The summed E-state index contributed by atoms with van der Waals surface area (Å²) in [4.78, 5) is 20.5. The molecule has 1 fully saturated rings. The highest BCUT2D eigenvalue weighted by atomic mass is 16.5. The number of ether oxygens (including phenoxy) is 2. The van der Waals surface area contributed by atoms with Gasteiger partial charge in [0.15, 0.2) is 0 Å². The fraction of sp³-hybridized carbons (Fsp3) is 0.333. The van der Waals surface area contributed by atoms with Crippen LogP contribution in [0.3, 0.4) is 0 Å². The second-order valence-corrected chi connectivity index (χ2v) is 5.13. The van der Waals surface area contributed by atoms with Crippen molar-refractivity contribution in [2.24, 2.45) is 4.99 Å². The summed E-state index contributed by atoms with van der Waals surface area (Å²) < 4.78 is 10.7. The van der Waals surface area contributed by atoms with Gasteiger partial charge in [0, 0.05) is 24.9 Å². The maximum atomic E-state index is 13.0. The molecule has 1 aromatic carbocycles. The zero-order chi connectivity index (χ0) is 17.7. The Bertz CT molecular complexity index is 707. The first-order valence-electron chi connectivity index (χ1n) is 7.69. The Kier molecular flexibility index (Phi) is 5.63. The fourth-order valence-electron chi connectivity index (χ4n) is 2.63. The van der Waals surface area contributed by atoms with Crippen LogP contribution < -0.4 is 14.4 Å². The Balaban J connectivity index is 2.61. The number of aliphatic imine (C=N–C) groups is 1. The van der Waals surface area contributed by atoms with Crippen molar-refractivity contribution in [1.29, 1.82) is 0 Å². The Hall–Kier alpha value is -2.76. The van der Waals surface area contributed by atoms with Crippen LogP contribution in [0.5, 0.6) is 11.5 Å². The van der Waals surface area contributed by atoms with Crippen LogP contribution in [0.4, 0.5) is 10.5 Å². The topological polar surface area (TPSA) is 54.4 Å². The smallest absolute Gasteiger partial charge is 0.334 e. The lowest BCUT2D eigenvalue weighted by Crippen LogP contribution is -2.52. The number of methoxy groups -OCH3 is 2. The first-order chi connectivity index (χ1) is 11.6. The molecule has 6 heteroatoms. The monoisotopic (exact) mass is 329 g/mol. The minimum absolute atomic E-state index is 0.178. The molecule has 0 radical (unpaired) electrons. The van der Waals surface area contributed by atoms with Gasteiger partial charge in [0.05, 0.1) is 26.5 Å². The van der Waals surface area contributed by atoms with Gasteiger partial charge in [-0.1, -0.05) is 12.2 Å². The molecule has 0 spiro atoms. The third-order valence-electron chi connectivity index (χ3n) is 3.79. The molecule has 0 unspecified atom stereocenters. The van der Waals surface area contributed by atoms with E-state index in [4.69, 9.17) is 9.47 Å². The second kappa shape index (κ2) is 7.68. The predicted molar refractivity (Wildman–Crippen MR) is 96.1 cm³/mol. The van der Waals surface area contributed by atoms with Crippen LogP contribution in [-0.4, -0.2) is 44.6 Å². The zero-order valence-electron chi connectivity index (χ0n) is 14.7. The van der Waals surface area contributed by atoms with E-state index in [1.54, 1.807) is 55.5 Å². The van der Waals surface area contributed by atoms with Gasteiger partial charge < -0.3 is 9.47 Å². The number of rotatable bonds is 4. The van der Waals surface area contributed by atoms with E-state index in [9.17, 15) is 4.79 Å². The fourth-order valence-corrected chi connectivity index (χ4v) is 2.63. The lowest BCUT2D eigenvalue weighted by molar-refractivity contribution is 0.226. The summed E-state index contributed by atoms with van der Waals surface area (Å²) in [6.07, 6.45) is 5.57. The number of anilines is 1. The van der Waals surface area contributed by atoms with Crippen LogP contribution in [0.2, 0.25) is 0 Å². The molecular weight excluding hydrogens is 306 g/mol. The van der Waals surface area contributed by atoms with Crippen LogP contribution in [0.25, 0.3) is 0 Å². The van der Waals surface area contributed by atoms with E-state index in [0.29, 0.717) is 29.6 Å². The van der Waals surface area contributed by atoms with Gasteiger partial charge in [-0.3, -0.25) is 9.89 Å². The molecule has 0 N–H and O–H groups in total. The summed E-state index contributed by atoms with van der Waals surface area (Å²) in [6, 6.07) is 5.16. The van der Waals surface area contributed by atoms with Gasteiger partial charge in [0.2, 0.25) is 0 Å². The largest absolute Gasteiger partial charge is 0.497 e. The number of urea groups is 1. The maximum Gasteiger partial charge on any atom is 0.334 e. The van der Waals surface area contributed by atoms with E-state index in [1.165, 1.54) is 0 Å². The van der Waals surface area contributed by atoms with Crippen molar-refractivity contribution in [2.45, 2.75) is 13.8 Å². The molecule has 0 atom stereocenters. The van der Waals surface area contributed by atoms with Crippen LogP contribution in [-0.2, 0) is 0 Å². The lowest BCUT2D eigenvalue weighted by atomic mass is 10.1. The number of nitrogens with zero attached hydrogens (tertiary/aromatic N) is 3. The average molecular weight is 329 g/mol. The number of benzene rings is 1. The third kappa shape index (κ3) is 3.13. The molecule has 6 nitrogen and oxygen atoms in total. The summed E-state index contributed by atoms with van der Waals surface area (Å²) >= 11 is 0. The van der Waals surface area contributed by atoms with E-state index in [2.05, 4.69) is 4.99 Å². The average Bonchev–Trinajstić information content (AvgIpc) is 2.62. The maximum absolute atomic E-state index is 13.0. The van der Waals surface area contributed by atoms with Crippen molar-refractivity contribution in [3.63, 3.8) is 0 Å². The number of allylic oxidation sites excluding steroid dienone is 2. The predicted octanol–water partition coefficient (Wildman–Crippen LogP) is 3.45. The van der Waals surface area contributed by atoms with Gasteiger partial charge in [-0.15, -0.1) is 0 Å². The summed E-state index contributed by atoms with van der Waals surface area (Å²) in [7, 11) is 4.83. The highest BCUT2D eigenvalue weighted by Crippen LogP contribution is 2.35. The van der Waals surface area contributed by atoms with E-state index < -0.39 is 0 Å². The first kappa shape index (κ1) is 17.6. The van der Waals surface area contributed by atoms with Gasteiger partial charge >= 0.3 is 6.03 Å². The van der Waals surface area contributed by atoms with Crippen molar-refractivity contribution in [2.75, 3.05) is 32.7 Å². The molecule has 1 aliphatic heterocycles. The summed E-state index contributed by atoms with van der Waals surface area (Å²) in [5, 5.41) is 0. The van der Waals surface area contributed by atoms with Gasteiger partial charge in [-0.05, 0) is 26.0 Å². The molecule has 1 heterocycles. The molecule has 1 saturated heterocycles. The van der Waals surface area contributed by atoms with Crippen molar-refractivity contribution in [1.82, 2.24) is 4.90 Å². The first-order valence-corrected chi connectivity index (χ1v) is 7.69. The van der Waals surface area contributed by atoms with Crippen molar-refractivity contribution in [3.8, 4) is 11.5 Å². The minimum Gasteiger partial charge on any atom is -0.497 e. The molecule has 1 aliphatic rings. The molecule has 2 rings (SSSR count).